The van der Waals surface area contributed by atoms with Gasteiger partial charge in [-0.1, -0.05) is 24.3 Å². The largest absolute Gasteiger partial charge is 0.504 e. The van der Waals surface area contributed by atoms with Crippen LogP contribution in [0, 0.1) is 0 Å². The molecular weight excluding hydrogens is 474 g/mol. The lowest BCUT2D eigenvalue weighted by Crippen LogP contribution is -2.10. The molecule has 186 valence electrons. The number of halogens is 6. The summed E-state index contributed by atoms with van der Waals surface area (Å²) < 4.78 is 87.1. The van der Waals surface area contributed by atoms with Gasteiger partial charge >= 0.3 is 18.3 Å². The van der Waals surface area contributed by atoms with Crippen LogP contribution in [0.4, 0.5) is 26.3 Å². The molecular formula is C22H20F6O6. The van der Waals surface area contributed by atoms with Crippen LogP contribution in [0.2, 0.25) is 0 Å². The highest BCUT2D eigenvalue weighted by molar-refractivity contribution is 5.97. The first kappa shape index (κ1) is 28.5. The van der Waals surface area contributed by atoms with Crippen LogP contribution in [-0.2, 0) is 31.4 Å². The number of methoxy groups -OCH3 is 3. The third-order valence-corrected chi connectivity index (χ3v) is 4.09. The molecule has 1 N–H and O–H groups in total. The first-order chi connectivity index (χ1) is 15.8. The van der Waals surface area contributed by atoms with Crippen molar-refractivity contribution in [2.24, 2.45) is 0 Å². The van der Waals surface area contributed by atoms with Crippen LogP contribution in [0.1, 0.15) is 27.0 Å². The van der Waals surface area contributed by atoms with E-state index < -0.39 is 41.0 Å². The lowest BCUT2D eigenvalue weighted by Gasteiger charge is -2.09. The topological polar surface area (TPSA) is 82.1 Å². The van der Waals surface area contributed by atoms with E-state index in [4.69, 9.17) is 0 Å². The number of ketones is 1. The SMILES string of the molecule is COC(=O)C(OC)=C(O)c1ccc(C(F)(F)F)cc1.COCC(=O)c1ccc(C(F)(F)F)cc1. The number of hydrogen-bond donors (Lipinski definition) is 1. The third-order valence-electron chi connectivity index (χ3n) is 4.09. The van der Waals surface area contributed by atoms with Crippen molar-refractivity contribution in [3.63, 3.8) is 0 Å². The van der Waals surface area contributed by atoms with Crippen LogP contribution in [0.3, 0.4) is 0 Å². The highest BCUT2D eigenvalue weighted by Gasteiger charge is 2.31. The zero-order chi connectivity index (χ0) is 26.1. The molecule has 0 aliphatic heterocycles. The maximum Gasteiger partial charge on any atom is 0.416 e. The minimum Gasteiger partial charge on any atom is -0.504 e. The Hall–Kier alpha value is -3.54. The van der Waals surface area contributed by atoms with Crippen LogP contribution < -0.4 is 0 Å². The number of hydrogen-bond acceptors (Lipinski definition) is 6. The number of alkyl halides is 6. The van der Waals surface area contributed by atoms with Gasteiger partial charge in [-0.3, -0.25) is 4.79 Å². The van der Waals surface area contributed by atoms with E-state index in [1.165, 1.54) is 7.11 Å². The van der Waals surface area contributed by atoms with Crippen molar-refractivity contribution >= 4 is 17.5 Å². The smallest absolute Gasteiger partial charge is 0.416 e. The van der Waals surface area contributed by atoms with Crippen molar-refractivity contribution in [2.45, 2.75) is 12.4 Å². The maximum absolute atomic E-state index is 12.4. The van der Waals surface area contributed by atoms with Crippen molar-refractivity contribution in [3.8, 4) is 0 Å². The van der Waals surface area contributed by atoms with Crippen molar-refractivity contribution in [2.75, 3.05) is 27.9 Å². The van der Waals surface area contributed by atoms with Gasteiger partial charge in [-0.25, -0.2) is 4.79 Å². The number of Topliss-reactive ketones (excluding diaryl/α,β-unsaturated/α-hetero) is 1. The van der Waals surface area contributed by atoms with Crippen LogP contribution in [0.5, 0.6) is 0 Å². The van der Waals surface area contributed by atoms with Gasteiger partial charge in [-0.05, 0) is 24.3 Å². The van der Waals surface area contributed by atoms with Crippen molar-refractivity contribution in [1.82, 2.24) is 0 Å². The first-order valence-electron chi connectivity index (χ1n) is 9.18. The van der Waals surface area contributed by atoms with Crippen molar-refractivity contribution in [3.05, 3.63) is 76.5 Å². The first-order valence-corrected chi connectivity index (χ1v) is 9.18. The second kappa shape index (κ2) is 12.1. The highest BCUT2D eigenvalue weighted by atomic mass is 19.4. The van der Waals surface area contributed by atoms with E-state index in [9.17, 15) is 41.0 Å². The van der Waals surface area contributed by atoms with E-state index in [0.29, 0.717) is 0 Å². The van der Waals surface area contributed by atoms with E-state index in [1.807, 2.05) is 0 Å². The number of esters is 1. The molecule has 34 heavy (non-hydrogen) atoms. The number of aliphatic hydroxyl groups excluding tert-OH is 1. The minimum absolute atomic E-state index is 0.00949. The van der Waals surface area contributed by atoms with Crippen molar-refractivity contribution in [1.29, 1.82) is 0 Å². The highest BCUT2D eigenvalue weighted by Crippen LogP contribution is 2.30. The van der Waals surface area contributed by atoms with Gasteiger partial charge in [0.15, 0.2) is 11.5 Å². The molecule has 0 radical (unpaired) electrons. The summed E-state index contributed by atoms with van der Waals surface area (Å²) in [6, 6.07) is 7.67. The molecule has 0 spiro atoms. The summed E-state index contributed by atoms with van der Waals surface area (Å²) in [6.07, 6.45) is -8.84. The molecule has 0 amide bonds. The van der Waals surface area contributed by atoms with E-state index in [1.54, 1.807) is 0 Å². The summed E-state index contributed by atoms with van der Waals surface area (Å²) >= 11 is 0. The zero-order valence-electron chi connectivity index (χ0n) is 18.1. The molecule has 2 aromatic carbocycles. The molecule has 0 atom stereocenters. The number of aliphatic hydroxyl groups is 1. The Morgan fingerprint density at radius 1 is 0.735 bits per heavy atom. The summed E-state index contributed by atoms with van der Waals surface area (Å²) in [7, 11) is 3.57. The van der Waals surface area contributed by atoms with Crippen LogP contribution >= 0.6 is 0 Å². The van der Waals surface area contributed by atoms with E-state index in [0.717, 1.165) is 62.8 Å². The fourth-order valence-corrected chi connectivity index (χ4v) is 2.38. The fourth-order valence-electron chi connectivity index (χ4n) is 2.38. The average molecular weight is 494 g/mol. The number of benzene rings is 2. The molecule has 0 heterocycles. The van der Waals surface area contributed by atoms with Crippen LogP contribution in [-0.4, -0.2) is 44.8 Å². The van der Waals surface area contributed by atoms with E-state index >= 15 is 0 Å². The standard InChI is InChI=1S/C12H11F3O4.C10H9F3O2/c1-18-10(11(17)19-2)9(16)7-3-5-8(6-4-7)12(13,14)15;1-15-6-9(14)7-2-4-8(5-3-7)10(11,12)13/h3-6,16H,1-2H3;2-5H,6H2,1H3. The molecule has 0 saturated carbocycles. The maximum atomic E-state index is 12.4. The van der Waals surface area contributed by atoms with E-state index in [2.05, 4.69) is 14.2 Å². The Balaban J connectivity index is 0.000000350. The van der Waals surface area contributed by atoms with Gasteiger partial charge in [0.25, 0.3) is 0 Å². The molecule has 6 nitrogen and oxygen atoms in total. The Kier molecular flexibility index (Phi) is 10.1. The lowest BCUT2D eigenvalue weighted by molar-refractivity contribution is -0.140. The average Bonchev–Trinajstić information content (AvgIpc) is 2.79. The normalized spacial score (nSPS) is 12.1. The number of carbonyl (C=O) groups excluding carboxylic acids is 2. The second-order valence-electron chi connectivity index (χ2n) is 6.38. The lowest BCUT2D eigenvalue weighted by atomic mass is 10.1. The number of carbonyl (C=O) groups is 2. The predicted octanol–water partition coefficient (Wildman–Crippen LogP) is 5.29. The summed E-state index contributed by atoms with van der Waals surface area (Å²) in [6.45, 7) is -0.134. The van der Waals surface area contributed by atoms with Crippen LogP contribution in [0.25, 0.3) is 5.76 Å². The summed E-state index contributed by atoms with van der Waals surface area (Å²) in [5, 5.41) is 9.75. The summed E-state index contributed by atoms with van der Waals surface area (Å²) in [4.78, 5) is 22.4. The second-order valence-corrected chi connectivity index (χ2v) is 6.38. The van der Waals surface area contributed by atoms with Gasteiger partial charge < -0.3 is 19.3 Å². The molecule has 0 fully saturated rings. The molecule has 0 aromatic heterocycles. The fraction of sp³-hybridized carbons (Fsp3) is 0.273. The Labute approximate surface area is 190 Å². The number of rotatable bonds is 6. The summed E-state index contributed by atoms with van der Waals surface area (Å²) in [5.74, 6) is -2.35. The summed E-state index contributed by atoms with van der Waals surface area (Å²) in [5.41, 5.74) is -1.40. The van der Waals surface area contributed by atoms with E-state index in [-0.39, 0.29) is 23.5 Å². The Morgan fingerprint density at radius 3 is 1.47 bits per heavy atom. The molecule has 2 aromatic rings. The molecule has 12 heteroatoms. The molecule has 0 unspecified atom stereocenters. The van der Waals surface area contributed by atoms with Crippen LogP contribution in [0.15, 0.2) is 54.3 Å². The van der Waals surface area contributed by atoms with Gasteiger partial charge in [0.1, 0.15) is 6.61 Å². The molecule has 0 saturated heterocycles. The van der Waals surface area contributed by atoms with Gasteiger partial charge in [0.05, 0.1) is 25.3 Å². The van der Waals surface area contributed by atoms with Gasteiger partial charge in [-0.15, -0.1) is 0 Å². The number of ether oxygens (including phenoxy) is 3. The monoisotopic (exact) mass is 494 g/mol. The van der Waals surface area contributed by atoms with Gasteiger partial charge in [0, 0.05) is 18.2 Å². The zero-order valence-corrected chi connectivity index (χ0v) is 18.1. The van der Waals surface area contributed by atoms with Gasteiger partial charge in [0.2, 0.25) is 5.76 Å². The predicted molar refractivity (Wildman–Crippen MR) is 108 cm³/mol. The molecule has 0 aliphatic rings. The molecule has 0 aliphatic carbocycles. The molecule has 0 bridgehead atoms. The quantitative estimate of drug-likeness (QED) is 0.193. The minimum atomic E-state index is -4.47. The third kappa shape index (κ3) is 8.10. The molecule has 2 rings (SSSR count). The Bertz CT molecular complexity index is 993. The Morgan fingerprint density at radius 2 is 1.15 bits per heavy atom. The van der Waals surface area contributed by atoms with Gasteiger partial charge in [-0.2, -0.15) is 26.3 Å². The van der Waals surface area contributed by atoms with Crippen molar-refractivity contribution < 1.29 is 55.2 Å².